The number of nitrogens with zero attached hydrogens (tertiary/aromatic N) is 3. The molecular weight excluding hydrogens is 254 g/mol. The van der Waals surface area contributed by atoms with Crippen molar-refractivity contribution in [2.24, 2.45) is 0 Å². The molecule has 0 fully saturated rings. The summed E-state index contributed by atoms with van der Waals surface area (Å²) >= 11 is 0. The monoisotopic (exact) mass is 273 g/mol. The molecule has 2 rings (SSSR count). The topological polar surface area (TPSA) is 58.4 Å². The summed E-state index contributed by atoms with van der Waals surface area (Å²) in [6.07, 6.45) is 3.23. The van der Waals surface area contributed by atoms with Gasteiger partial charge in [0.2, 0.25) is 0 Å². The second-order valence-corrected chi connectivity index (χ2v) is 5.48. The lowest BCUT2D eigenvalue weighted by molar-refractivity contribution is 0.0368. The Balaban J connectivity index is 2.15. The van der Waals surface area contributed by atoms with Gasteiger partial charge in [-0.25, -0.2) is 4.68 Å². The largest absolute Gasteiger partial charge is 0.389 e. The van der Waals surface area contributed by atoms with Crippen LogP contribution in [-0.2, 0) is 0 Å². The van der Waals surface area contributed by atoms with E-state index in [-0.39, 0.29) is 12.5 Å². The van der Waals surface area contributed by atoms with Crippen LogP contribution in [0.5, 0.6) is 0 Å². The molecule has 0 aliphatic rings. The first-order chi connectivity index (χ1) is 9.37. The molecule has 1 heterocycles. The lowest BCUT2D eigenvalue weighted by atomic mass is 10.1. The van der Waals surface area contributed by atoms with Crippen molar-refractivity contribution in [2.45, 2.75) is 19.4 Å². The number of hydrogen-bond donors (Lipinski definition) is 1. The molecule has 0 bridgehead atoms. The van der Waals surface area contributed by atoms with Crippen molar-refractivity contribution >= 4 is 5.91 Å². The van der Waals surface area contributed by atoms with Gasteiger partial charge in [-0.15, -0.1) is 0 Å². The lowest BCUT2D eigenvalue weighted by Crippen LogP contribution is -2.39. The Morgan fingerprint density at radius 3 is 2.60 bits per heavy atom. The summed E-state index contributed by atoms with van der Waals surface area (Å²) in [7, 11) is 1.67. The smallest absolute Gasteiger partial charge is 0.256 e. The maximum atomic E-state index is 12.2. The van der Waals surface area contributed by atoms with Crippen molar-refractivity contribution in [2.75, 3.05) is 13.6 Å². The molecule has 0 spiro atoms. The fourth-order valence-corrected chi connectivity index (χ4v) is 2.03. The zero-order chi connectivity index (χ0) is 14.8. The standard InChI is InChI=1S/C15H19N3O2/c1-15(2,20)11-17(3)14(19)12-9-16-18(10-12)13-7-5-4-6-8-13/h4-10,20H,11H2,1-3H3. The lowest BCUT2D eigenvalue weighted by Gasteiger charge is -2.25. The van der Waals surface area contributed by atoms with Gasteiger partial charge in [0, 0.05) is 19.8 Å². The number of likely N-dealkylation sites (N-methyl/N-ethyl adjacent to an activating group) is 1. The SMILES string of the molecule is CN(CC(C)(C)O)C(=O)c1cnn(-c2ccccc2)c1. The summed E-state index contributed by atoms with van der Waals surface area (Å²) in [5.74, 6) is -0.158. The van der Waals surface area contributed by atoms with Gasteiger partial charge in [-0.1, -0.05) is 18.2 Å². The molecule has 0 saturated carbocycles. The number of benzene rings is 1. The van der Waals surface area contributed by atoms with Crippen LogP contribution in [0.25, 0.3) is 5.69 Å². The zero-order valence-electron chi connectivity index (χ0n) is 11.9. The Bertz CT molecular complexity index is 585. The molecule has 1 N–H and O–H groups in total. The number of carbonyl (C=O) groups excluding carboxylic acids is 1. The predicted octanol–water partition coefficient (Wildman–Crippen LogP) is 1.72. The second-order valence-electron chi connectivity index (χ2n) is 5.48. The van der Waals surface area contributed by atoms with Crippen molar-refractivity contribution in [3.8, 4) is 5.69 Å². The fraction of sp³-hybridized carbons (Fsp3) is 0.333. The van der Waals surface area contributed by atoms with Crippen LogP contribution in [0, 0.1) is 0 Å². The molecule has 0 unspecified atom stereocenters. The van der Waals surface area contributed by atoms with Crippen molar-refractivity contribution in [3.63, 3.8) is 0 Å². The Morgan fingerprint density at radius 2 is 2.00 bits per heavy atom. The molecule has 1 aromatic heterocycles. The average Bonchev–Trinajstić information content (AvgIpc) is 2.86. The minimum Gasteiger partial charge on any atom is -0.389 e. The van der Waals surface area contributed by atoms with Crippen LogP contribution in [0.1, 0.15) is 24.2 Å². The number of aromatic nitrogens is 2. The summed E-state index contributed by atoms with van der Waals surface area (Å²) in [5.41, 5.74) is 0.483. The van der Waals surface area contributed by atoms with E-state index in [1.54, 1.807) is 31.8 Å². The van der Waals surface area contributed by atoms with Crippen LogP contribution in [0.2, 0.25) is 0 Å². The van der Waals surface area contributed by atoms with E-state index >= 15 is 0 Å². The molecule has 5 nitrogen and oxygen atoms in total. The van der Waals surface area contributed by atoms with E-state index in [0.29, 0.717) is 5.56 Å². The van der Waals surface area contributed by atoms with Gasteiger partial charge in [0.15, 0.2) is 0 Å². The van der Waals surface area contributed by atoms with Gasteiger partial charge < -0.3 is 10.0 Å². The molecular formula is C15H19N3O2. The highest BCUT2D eigenvalue weighted by Crippen LogP contribution is 2.11. The third kappa shape index (κ3) is 3.45. The zero-order valence-corrected chi connectivity index (χ0v) is 11.9. The van der Waals surface area contributed by atoms with Gasteiger partial charge in [0.05, 0.1) is 23.0 Å². The van der Waals surface area contributed by atoms with Crippen LogP contribution in [0.15, 0.2) is 42.7 Å². The van der Waals surface area contributed by atoms with Gasteiger partial charge in [0.25, 0.3) is 5.91 Å². The van der Waals surface area contributed by atoms with Crippen molar-refractivity contribution in [3.05, 3.63) is 48.3 Å². The summed E-state index contributed by atoms with van der Waals surface area (Å²) in [4.78, 5) is 13.7. The van der Waals surface area contributed by atoms with Crippen molar-refractivity contribution in [1.29, 1.82) is 0 Å². The fourth-order valence-electron chi connectivity index (χ4n) is 2.03. The summed E-state index contributed by atoms with van der Waals surface area (Å²) in [6, 6.07) is 9.59. The molecule has 1 aromatic carbocycles. The molecule has 5 heteroatoms. The molecule has 0 aliphatic heterocycles. The van der Waals surface area contributed by atoms with Crippen LogP contribution in [0.3, 0.4) is 0 Å². The number of carbonyl (C=O) groups is 1. The maximum Gasteiger partial charge on any atom is 0.256 e. The number of amides is 1. The minimum absolute atomic E-state index is 0.158. The molecule has 106 valence electrons. The van der Waals surface area contributed by atoms with E-state index in [1.165, 1.54) is 11.1 Å². The van der Waals surface area contributed by atoms with Crippen molar-refractivity contribution in [1.82, 2.24) is 14.7 Å². The van der Waals surface area contributed by atoms with E-state index in [1.807, 2.05) is 30.3 Å². The summed E-state index contributed by atoms with van der Waals surface area (Å²) < 4.78 is 1.66. The van der Waals surface area contributed by atoms with Crippen LogP contribution >= 0.6 is 0 Å². The number of rotatable bonds is 4. The Kier molecular flexibility index (Phi) is 3.90. The highest BCUT2D eigenvalue weighted by molar-refractivity contribution is 5.93. The molecule has 0 saturated heterocycles. The Labute approximate surface area is 118 Å². The highest BCUT2D eigenvalue weighted by atomic mass is 16.3. The predicted molar refractivity (Wildman–Crippen MR) is 76.8 cm³/mol. The first-order valence-corrected chi connectivity index (χ1v) is 6.45. The summed E-state index contributed by atoms with van der Waals surface area (Å²) in [5, 5.41) is 13.9. The third-order valence-corrected chi connectivity index (χ3v) is 2.82. The number of hydrogen-bond acceptors (Lipinski definition) is 3. The van der Waals surface area contributed by atoms with Crippen LogP contribution in [-0.4, -0.2) is 44.9 Å². The number of aliphatic hydroxyl groups is 1. The van der Waals surface area contributed by atoms with E-state index in [0.717, 1.165) is 5.69 Å². The minimum atomic E-state index is -0.917. The quantitative estimate of drug-likeness (QED) is 0.922. The van der Waals surface area contributed by atoms with Gasteiger partial charge in [-0.2, -0.15) is 5.10 Å². The van der Waals surface area contributed by atoms with Gasteiger partial charge >= 0.3 is 0 Å². The molecule has 1 amide bonds. The van der Waals surface area contributed by atoms with Crippen molar-refractivity contribution < 1.29 is 9.90 Å². The normalized spacial score (nSPS) is 11.4. The van der Waals surface area contributed by atoms with Crippen LogP contribution < -0.4 is 0 Å². The van der Waals surface area contributed by atoms with Gasteiger partial charge in [-0.05, 0) is 26.0 Å². The third-order valence-electron chi connectivity index (χ3n) is 2.82. The molecule has 20 heavy (non-hydrogen) atoms. The summed E-state index contributed by atoms with van der Waals surface area (Å²) in [6.45, 7) is 3.61. The first-order valence-electron chi connectivity index (χ1n) is 6.45. The average molecular weight is 273 g/mol. The number of para-hydroxylation sites is 1. The van der Waals surface area contributed by atoms with Gasteiger partial charge in [-0.3, -0.25) is 4.79 Å². The van der Waals surface area contributed by atoms with E-state index in [9.17, 15) is 9.90 Å². The molecule has 0 atom stereocenters. The van der Waals surface area contributed by atoms with E-state index in [4.69, 9.17) is 0 Å². The Morgan fingerprint density at radius 1 is 1.35 bits per heavy atom. The first kappa shape index (κ1) is 14.3. The Hall–Kier alpha value is -2.14. The molecule has 0 aliphatic carbocycles. The van der Waals surface area contributed by atoms with E-state index < -0.39 is 5.60 Å². The maximum absolute atomic E-state index is 12.2. The highest BCUT2D eigenvalue weighted by Gasteiger charge is 2.21. The molecule has 0 radical (unpaired) electrons. The second kappa shape index (κ2) is 5.46. The van der Waals surface area contributed by atoms with Crippen LogP contribution in [0.4, 0.5) is 0 Å². The van der Waals surface area contributed by atoms with Gasteiger partial charge in [0.1, 0.15) is 0 Å². The van der Waals surface area contributed by atoms with E-state index in [2.05, 4.69) is 5.10 Å². The molecule has 2 aromatic rings.